The number of piperidine rings is 3. The van der Waals surface area contributed by atoms with E-state index in [0.717, 1.165) is 13.1 Å². The number of rotatable bonds is 9. The van der Waals surface area contributed by atoms with Crippen LogP contribution in [-0.4, -0.2) is 56.3 Å². The summed E-state index contributed by atoms with van der Waals surface area (Å²) < 4.78 is 1.44. The van der Waals surface area contributed by atoms with Crippen molar-refractivity contribution in [3.05, 3.63) is 0 Å². The Labute approximate surface area is 126 Å². The second-order valence-electron chi connectivity index (χ2n) is 7.86. The first-order valence-electron chi connectivity index (χ1n) is 8.83. The fourth-order valence-electron chi connectivity index (χ4n) is 3.84. The van der Waals surface area contributed by atoms with Gasteiger partial charge < -0.3 is 15.1 Å². The van der Waals surface area contributed by atoms with Gasteiger partial charge in [0.05, 0.1) is 26.2 Å². The lowest BCUT2D eigenvalue weighted by Crippen LogP contribution is -2.61. The van der Waals surface area contributed by atoms with Gasteiger partial charge in [-0.05, 0) is 24.9 Å². The third-order valence-corrected chi connectivity index (χ3v) is 5.64. The third-order valence-electron chi connectivity index (χ3n) is 5.64. The number of nitrogens with one attached hydrogen (secondary N) is 2. The Morgan fingerprint density at radius 2 is 1.55 bits per heavy atom. The predicted octanol–water partition coefficient (Wildman–Crippen LogP) is 2.37. The quantitative estimate of drug-likeness (QED) is 0.501. The number of quaternary nitrogens is 1. The summed E-state index contributed by atoms with van der Waals surface area (Å²) in [6.07, 6.45) is 7.02. The molecule has 3 heterocycles. The summed E-state index contributed by atoms with van der Waals surface area (Å²) in [6.45, 7) is 16.2. The average molecular weight is 282 g/mol. The third kappa shape index (κ3) is 4.71. The largest absolute Gasteiger partial charge is 0.324 e. The minimum Gasteiger partial charge on any atom is -0.324 e. The van der Waals surface area contributed by atoms with Crippen LogP contribution in [0.1, 0.15) is 52.9 Å². The van der Waals surface area contributed by atoms with E-state index in [0.29, 0.717) is 11.5 Å². The molecule has 0 spiro atoms. The van der Waals surface area contributed by atoms with Gasteiger partial charge in [0.15, 0.2) is 0 Å². The van der Waals surface area contributed by atoms with E-state index in [1.54, 1.807) is 0 Å². The molecule has 20 heavy (non-hydrogen) atoms. The summed E-state index contributed by atoms with van der Waals surface area (Å²) in [6, 6.07) is 0.620. The van der Waals surface area contributed by atoms with Crippen LogP contribution in [0.5, 0.6) is 0 Å². The SMILES string of the molecule is CC(C)NCCCNCCC[N+]12CCC(C)(CC1)CC2. The zero-order chi connectivity index (χ0) is 14.5. The molecule has 0 atom stereocenters. The number of hydrogen-bond acceptors (Lipinski definition) is 2. The van der Waals surface area contributed by atoms with Crippen molar-refractivity contribution in [2.45, 2.75) is 58.9 Å². The van der Waals surface area contributed by atoms with Crippen molar-refractivity contribution >= 4 is 0 Å². The van der Waals surface area contributed by atoms with Gasteiger partial charge in [0.1, 0.15) is 0 Å². The van der Waals surface area contributed by atoms with Crippen LogP contribution in [0, 0.1) is 5.41 Å². The molecule has 2 N–H and O–H groups in total. The second kappa shape index (κ2) is 7.24. The van der Waals surface area contributed by atoms with E-state index in [4.69, 9.17) is 0 Å². The zero-order valence-electron chi connectivity index (χ0n) is 14.0. The highest BCUT2D eigenvalue weighted by molar-refractivity contribution is 4.82. The van der Waals surface area contributed by atoms with Crippen LogP contribution in [0.2, 0.25) is 0 Å². The normalized spacial score (nSPS) is 33.0. The Morgan fingerprint density at radius 1 is 0.950 bits per heavy atom. The maximum absolute atomic E-state index is 3.61. The molecule has 3 aliphatic heterocycles. The zero-order valence-corrected chi connectivity index (χ0v) is 14.0. The van der Waals surface area contributed by atoms with Crippen molar-refractivity contribution in [1.29, 1.82) is 0 Å². The molecule has 0 radical (unpaired) electrons. The van der Waals surface area contributed by atoms with Gasteiger partial charge in [0, 0.05) is 38.3 Å². The molecule has 0 aromatic rings. The first-order chi connectivity index (χ1) is 9.54. The molecule has 3 heteroatoms. The van der Waals surface area contributed by atoms with Gasteiger partial charge in [0.25, 0.3) is 0 Å². The molecule has 0 aromatic carbocycles. The van der Waals surface area contributed by atoms with Crippen LogP contribution in [0.3, 0.4) is 0 Å². The highest BCUT2D eigenvalue weighted by Gasteiger charge is 2.45. The Morgan fingerprint density at radius 3 is 2.15 bits per heavy atom. The van der Waals surface area contributed by atoms with Gasteiger partial charge in [-0.15, -0.1) is 0 Å². The van der Waals surface area contributed by atoms with E-state index in [2.05, 4.69) is 31.4 Å². The molecule has 0 aliphatic carbocycles. The lowest BCUT2D eigenvalue weighted by Gasteiger charge is -2.53. The molecule has 118 valence electrons. The van der Waals surface area contributed by atoms with Crippen LogP contribution in [0.15, 0.2) is 0 Å². The smallest absolute Gasteiger partial charge is 0.0798 e. The standard InChI is InChI=1S/C17H36N3/c1-16(2)19-11-4-9-18-10-5-12-20-13-6-17(3,7-14-20)8-15-20/h16,18-19H,4-15H2,1-3H3/q+1. The van der Waals surface area contributed by atoms with Crippen molar-refractivity contribution in [2.24, 2.45) is 5.41 Å². The summed E-state index contributed by atoms with van der Waals surface area (Å²) in [4.78, 5) is 0. The maximum Gasteiger partial charge on any atom is 0.0798 e. The fraction of sp³-hybridized carbons (Fsp3) is 1.00. The molecule has 3 rings (SSSR count). The molecule has 0 aromatic heterocycles. The van der Waals surface area contributed by atoms with Gasteiger partial charge in [-0.25, -0.2) is 0 Å². The van der Waals surface area contributed by atoms with E-state index in [9.17, 15) is 0 Å². The summed E-state index contributed by atoms with van der Waals surface area (Å²) in [5.74, 6) is 0. The van der Waals surface area contributed by atoms with Crippen molar-refractivity contribution in [1.82, 2.24) is 10.6 Å². The first kappa shape index (κ1) is 16.3. The molecule has 3 fully saturated rings. The molecule has 0 unspecified atom stereocenters. The van der Waals surface area contributed by atoms with Gasteiger partial charge in [-0.3, -0.25) is 0 Å². The lowest BCUT2D eigenvalue weighted by molar-refractivity contribution is -0.945. The van der Waals surface area contributed by atoms with Crippen molar-refractivity contribution in [3.63, 3.8) is 0 Å². The van der Waals surface area contributed by atoms with Crippen molar-refractivity contribution < 1.29 is 4.48 Å². The highest BCUT2D eigenvalue weighted by atomic mass is 15.4. The summed E-state index contributed by atoms with van der Waals surface area (Å²) in [5.41, 5.74) is 0.710. The van der Waals surface area contributed by atoms with Gasteiger partial charge in [-0.1, -0.05) is 20.8 Å². The Balaban J connectivity index is 1.49. The van der Waals surface area contributed by atoms with Gasteiger partial charge in [-0.2, -0.15) is 0 Å². The van der Waals surface area contributed by atoms with Crippen LogP contribution in [0.25, 0.3) is 0 Å². The van der Waals surface area contributed by atoms with E-state index in [-0.39, 0.29) is 0 Å². The maximum atomic E-state index is 3.61. The predicted molar refractivity (Wildman–Crippen MR) is 86.9 cm³/mol. The van der Waals surface area contributed by atoms with Crippen LogP contribution in [0.4, 0.5) is 0 Å². The topological polar surface area (TPSA) is 24.1 Å². The Kier molecular flexibility index (Phi) is 5.88. The second-order valence-corrected chi connectivity index (χ2v) is 7.86. The van der Waals surface area contributed by atoms with Crippen LogP contribution >= 0.6 is 0 Å². The minimum absolute atomic E-state index is 0.620. The Hall–Kier alpha value is -0.120. The molecule has 3 nitrogen and oxygen atoms in total. The molecule has 0 saturated carbocycles. The molecule has 3 aliphatic rings. The molecular formula is C17H36N3+. The molecule has 2 bridgehead atoms. The molecular weight excluding hydrogens is 246 g/mol. The number of nitrogens with zero attached hydrogens (tertiary/aromatic N) is 1. The molecule has 0 amide bonds. The van der Waals surface area contributed by atoms with E-state index < -0.39 is 0 Å². The summed E-state index contributed by atoms with van der Waals surface area (Å²) >= 11 is 0. The lowest BCUT2D eigenvalue weighted by atomic mass is 9.72. The van der Waals surface area contributed by atoms with E-state index >= 15 is 0 Å². The van der Waals surface area contributed by atoms with Crippen LogP contribution in [-0.2, 0) is 0 Å². The van der Waals surface area contributed by atoms with E-state index in [1.807, 2.05) is 0 Å². The summed E-state index contributed by atoms with van der Waals surface area (Å²) in [7, 11) is 0. The number of hydrogen-bond donors (Lipinski definition) is 2. The average Bonchev–Trinajstić information content (AvgIpc) is 2.43. The van der Waals surface area contributed by atoms with Crippen molar-refractivity contribution in [2.75, 3.05) is 45.8 Å². The first-order valence-corrected chi connectivity index (χ1v) is 8.83. The monoisotopic (exact) mass is 282 g/mol. The van der Waals surface area contributed by atoms with Crippen molar-refractivity contribution in [3.8, 4) is 0 Å². The van der Waals surface area contributed by atoms with Gasteiger partial charge >= 0.3 is 0 Å². The highest BCUT2D eigenvalue weighted by Crippen LogP contribution is 2.43. The number of fused-ring (bicyclic) bond motifs is 3. The van der Waals surface area contributed by atoms with Gasteiger partial charge in [0.2, 0.25) is 0 Å². The fourth-order valence-corrected chi connectivity index (χ4v) is 3.84. The Bertz CT molecular complexity index is 263. The van der Waals surface area contributed by atoms with Crippen LogP contribution < -0.4 is 10.6 Å². The van der Waals surface area contributed by atoms with E-state index in [1.165, 1.54) is 69.3 Å². The molecule has 3 saturated heterocycles. The summed E-state index contributed by atoms with van der Waals surface area (Å²) in [5, 5.41) is 7.08. The minimum atomic E-state index is 0.620.